The predicted molar refractivity (Wildman–Crippen MR) is 93.0 cm³/mol. The first kappa shape index (κ1) is 17.5. The fraction of sp³-hybridized carbons (Fsp3) is 0.188. The zero-order valence-corrected chi connectivity index (χ0v) is 13.7. The molecule has 1 heterocycles. The van der Waals surface area contributed by atoms with Crippen molar-refractivity contribution in [2.75, 3.05) is 18.4 Å². The minimum absolute atomic E-state index is 0.0612. The summed E-state index contributed by atoms with van der Waals surface area (Å²) in [5.74, 6) is -0.971. The number of urea groups is 1. The largest absolute Gasteiger partial charge is 0.376 e. The van der Waals surface area contributed by atoms with E-state index in [0.717, 1.165) is 6.42 Å². The van der Waals surface area contributed by atoms with Crippen LogP contribution in [0.4, 0.5) is 10.5 Å². The summed E-state index contributed by atoms with van der Waals surface area (Å²) in [4.78, 5) is 35.4. The highest BCUT2D eigenvalue weighted by Crippen LogP contribution is 2.09. The molecule has 0 saturated carbocycles. The van der Waals surface area contributed by atoms with Gasteiger partial charge in [0.25, 0.3) is 0 Å². The number of amides is 4. The van der Waals surface area contributed by atoms with Crippen molar-refractivity contribution in [2.45, 2.75) is 6.42 Å². The van der Waals surface area contributed by atoms with Gasteiger partial charge in [-0.05, 0) is 42.1 Å². The first-order chi connectivity index (χ1) is 11.5. The van der Waals surface area contributed by atoms with Crippen molar-refractivity contribution in [3.63, 3.8) is 0 Å². The minimum atomic E-state index is -0.526. The van der Waals surface area contributed by atoms with Crippen LogP contribution in [0.1, 0.15) is 15.2 Å². The van der Waals surface area contributed by atoms with Gasteiger partial charge in [-0.2, -0.15) is 0 Å². The van der Waals surface area contributed by atoms with Gasteiger partial charge in [-0.25, -0.2) is 4.79 Å². The Kier molecular flexibility index (Phi) is 6.32. The summed E-state index contributed by atoms with van der Waals surface area (Å²) in [6, 6.07) is 9.79. The van der Waals surface area contributed by atoms with Crippen LogP contribution in [0, 0.1) is 0 Å². The van der Waals surface area contributed by atoms with Crippen molar-refractivity contribution >= 4 is 34.9 Å². The van der Waals surface area contributed by atoms with Gasteiger partial charge in [-0.1, -0.05) is 6.07 Å². The van der Waals surface area contributed by atoms with Gasteiger partial charge in [0, 0.05) is 22.7 Å². The zero-order chi connectivity index (χ0) is 17.4. The number of anilines is 1. The second-order valence-corrected chi connectivity index (χ2v) is 5.96. The smallest absolute Gasteiger partial charge is 0.321 e. The molecule has 0 atom stereocenters. The van der Waals surface area contributed by atoms with E-state index in [0.29, 0.717) is 17.8 Å². The minimum Gasteiger partial charge on any atom is -0.376 e. The van der Waals surface area contributed by atoms with Crippen LogP contribution < -0.4 is 21.7 Å². The first-order valence-corrected chi connectivity index (χ1v) is 8.16. The summed E-state index contributed by atoms with van der Waals surface area (Å²) in [7, 11) is 0. The van der Waals surface area contributed by atoms with Crippen molar-refractivity contribution in [1.82, 2.24) is 10.6 Å². The molecular weight excluding hydrogens is 328 g/mol. The van der Waals surface area contributed by atoms with Gasteiger partial charge in [-0.3, -0.25) is 14.9 Å². The van der Waals surface area contributed by atoms with Crippen molar-refractivity contribution < 1.29 is 14.4 Å². The molecule has 0 aliphatic carbocycles. The lowest BCUT2D eigenvalue weighted by Crippen LogP contribution is -2.42. The van der Waals surface area contributed by atoms with Crippen LogP contribution in [-0.2, 0) is 11.2 Å². The van der Waals surface area contributed by atoms with E-state index in [2.05, 4.69) is 16.0 Å². The molecule has 2 aromatic rings. The number of hydrogen-bond donors (Lipinski definition) is 4. The quantitative estimate of drug-likeness (QED) is 0.605. The molecule has 0 saturated heterocycles. The number of imide groups is 1. The highest BCUT2D eigenvalue weighted by molar-refractivity contribution is 7.09. The average molecular weight is 346 g/mol. The lowest BCUT2D eigenvalue weighted by atomic mass is 10.2. The van der Waals surface area contributed by atoms with Crippen LogP contribution in [-0.4, -0.2) is 30.9 Å². The summed E-state index contributed by atoms with van der Waals surface area (Å²) in [5, 5.41) is 9.69. The van der Waals surface area contributed by atoms with Gasteiger partial charge in [-0.15, -0.1) is 11.3 Å². The van der Waals surface area contributed by atoms with Gasteiger partial charge >= 0.3 is 6.03 Å². The third kappa shape index (κ3) is 5.73. The third-order valence-corrected chi connectivity index (χ3v) is 4.05. The van der Waals surface area contributed by atoms with Crippen LogP contribution in [0.15, 0.2) is 41.8 Å². The van der Waals surface area contributed by atoms with E-state index in [4.69, 9.17) is 5.73 Å². The lowest BCUT2D eigenvalue weighted by Gasteiger charge is -2.08. The number of carbonyl (C=O) groups excluding carboxylic acids is 3. The SMILES string of the molecule is NC(=O)c1ccc(NCC(=O)NC(=O)NCCc2cccs2)cc1. The average Bonchev–Trinajstić information content (AvgIpc) is 3.06. The Hall–Kier alpha value is -2.87. The zero-order valence-electron chi connectivity index (χ0n) is 12.9. The number of primary amides is 1. The lowest BCUT2D eigenvalue weighted by molar-refractivity contribution is -0.118. The molecule has 1 aromatic heterocycles. The maximum atomic E-state index is 11.7. The van der Waals surface area contributed by atoms with Crippen LogP contribution in [0.5, 0.6) is 0 Å². The molecule has 7 nitrogen and oxygen atoms in total. The summed E-state index contributed by atoms with van der Waals surface area (Å²) in [5.41, 5.74) is 6.18. The van der Waals surface area contributed by atoms with E-state index >= 15 is 0 Å². The van der Waals surface area contributed by atoms with E-state index in [1.165, 1.54) is 4.88 Å². The molecule has 0 unspecified atom stereocenters. The molecule has 2 rings (SSSR count). The van der Waals surface area contributed by atoms with E-state index in [1.54, 1.807) is 35.6 Å². The molecule has 0 radical (unpaired) electrons. The molecule has 1 aromatic carbocycles. The number of benzene rings is 1. The van der Waals surface area contributed by atoms with Crippen LogP contribution in [0.3, 0.4) is 0 Å². The normalized spacial score (nSPS) is 10.0. The monoisotopic (exact) mass is 346 g/mol. The fourth-order valence-corrected chi connectivity index (χ4v) is 2.61. The Morgan fingerprint density at radius 1 is 1.08 bits per heavy atom. The number of nitrogens with one attached hydrogen (secondary N) is 3. The molecule has 24 heavy (non-hydrogen) atoms. The Balaban J connectivity index is 1.66. The highest BCUT2D eigenvalue weighted by atomic mass is 32.1. The summed E-state index contributed by atoms with van der Waals surface area (Å²) >= 11 is 1.62. The molecular formula is C16H18N4O3S. The van der Waals surface area contributed by atoms with Gasteiger partial charge in [0.15, 0.2) is 0 Å². The molecule has 4 amide bonds. The van der Waals surface area contributed by atoms with E-state index in [-0.39, 0.29) is 6.54 Å². The van der Waals surface area contributed by atoms with Crippen molar-refractivity contribution in [2.24, 2.45) is 5.73 Å². The Morgan fingerprint density at radius 3 is 2.46 bits per heavy atom. The third-order valence-electron chi connectivity index (χ3n) is 3.11. The molecule has 5 N–H and O–H groups in total. The maximum Gasteiger partial charge on any atom is 0.321 e. The number of rotatable bonds is 7. The first-order valence-electron chi connectivity index (χ1n) is 7.28. The second kappa shape index (κ2) is 8.68. The van der Waals surface area contributed by atoms with Gasteiger partial charge in [0.2, 0.25) is 11.8 Å². The Labute approximate surface area is 143 Å². The molecule has 126 valence electrons. The van der Waals surface area contributed by atoms with Gasteiger partial charge in [0.1, 0.15) is 0 Å². The summed E-state index contributed by atoms with van der Waals surface area (Å²) < 4.78 is 0. The van der Waals surface area contributed by atoms with E-state index in [1.807, 2.05) is 17.5 Å². The predicted octanol–water partition coefficient (Wildman–Crippen LogP) is 1.33. The van der Waals surface area contributed by atoms with Gasteiger partial charge < -0.3 is 16.4 Å². The van der Waals surface area contributed by atoms with Gasteiger partial charge in [0.05, 0.1) is 6.54 Å². The van der Waals surface area contributed by atoms with Crippen LogP contribution in [0.2, 0.25) is 0 Å². The molecule has 8 heteroatoms. The molecule has 0 aliphatic heterocycles. The van der Waals surface area contributed by atoms with Crippen molar-refractivity contribution in [3.05, 3.63) is 52.2 Å². The second-order valence-electron chi connectivity index (χ2n) is 4.93. The fourth-order valence-electron chi connectivity index (χ4n) is 1.90. The van der Waals surface area contributed by atoms with Crippen LogP contribution >= 0.6 is 11.3 Å². The van der Waals surface area contributed by atoms with Crippen molar-refractivity contribution in [1.29, 1.82) is 0 Å². The summed E-state index contributed by atoms with van der Waals surface area (Å²) in [6.45, 7) is 0.399. The molecule has 0 bridgehead atoms. The number of thiophene rings is 1. The Bertz CT molecular complexity index is 699. The summed E-state index contributed by atoms with van der Waals surface area (Å²) in [6.07, 6.45) is 0.726. The molecule has 0 spiro atoms. The Morgan fingerprint density at radius 2 is 1.83 bits per heavy atom. The number of nitrogens with two attached hydrogens (primary N) is 1. The molecule has 0 aliphatic rings. The van der Waals surface area contributed by atoms with E-state index < -0.39 is 17.8 Å². The number of hydrogen-bond acceptors (Lipinski definition) is 5. The number of carbonyl (C=O) groups is 3. The highest BCUT2D eigenvalue weighted by Gasteiger charge is 2.07. The topological polar surface area (TPSA) is 113 Å². The molecule has 0 fully saturated rings. The maximum absolute atomic E-state index is 11.7. The van der Waals surface area contributed by atoms with Crippen LogP contribution in [0.25, 0.3) is 0 Å². The van der Waals surface area contributed by atoms with Crippen molar-refractivity contribution in [3.8, 4) is 0 Å². The standard InChI is InChI=1S/C16H18N4O3S/c17-15(22)11-3-5-12(6-4-11)19-10-14(21)20-16(23)18-8-7-13-2-1-9-24-13/h1-6,9,19H,7-8,10H2,(H2,17,22)(H2,18,20,21,23). The van der Waals surface area contributed by atoms with E-state index in [9.17, 15) is 14.4 Å².